The van der Waals surface area contributed by atoms with E-state index >= 15 is 0 Å². The lowest BCUT2D eigenvalue weighted by atomic mass is 10.3. The average molecular weight is 324 g/mol. The molecule has 17 heavy (non-hydrogen) atoms. The number of ether oxygens (including phenoxy) is 1. The van der Waals surface area contributed by atoms with E-state index in [9.17, 15) is 8.42 Å². The summed E-state index contributed by atoms with van der Waals surface area (Å²) in [4.78, 5) is 0. The van der Waals surface area contributed by atoms with Crippen molar-refractivity contribution in [2.75, 3.05) is 18.4 Å². The second-order valence-corrected chi connectivity index (χ2v) is 6.52. The van der Waals surface area contributed by atoms with Crippen LogP contribution in [0, 0.1) is 0 Å². The monoisotopic (exact) mass is 323 g/mol. The molecular formula is C9H14BrN3O3S. The van der Waals surface area contributed by atoms with E-state index in [-0.39, 0.29) is 17.2 Å². The highest BCUT2D eigenvalue weighted by Crippen LogP contribution is 2.20. The molecule has 1 N–H and O–H groups in total. The number of nitrogens with zero attached hydrogens (tertiary/aromatic N) is 2. The van der Waals surface area contributed by atoms with Crippen LogP contribution in [0.25, 0.3) is 0 Å². The quantitative estimate of drug-likeness (QED) is 0.826. The molecule has 1 aliphatic heterocycles. The smallest absolute Gasteiger partial charge is 0.260 e. The second-order valence-electron chi connectivity index (χ2n) is 3.97. The lowest BCUT2D eigenvalue weighted by molar-refractivity contribution is -0.0411. The number of hydrogen-bond acceptors (Lipinski definition) is 4. The fourth-order valence-corrected chi connectivity index (χ4v) is 3.62. The zero-order valence-corrected chi connectivity index (χ0v) is 11.7. The number of alkyl halides is 1. The Hall–Kier alpha value is -0.440. The molecule has 0 aromatic carbocycles. The molecule has 0 spiro atoms. The van der Waals surface area contributed by atoms with Crippen LogP contribution in [-0.4, -0.2) is 53.5 Å². The van der Waals surface area contributed by atoms with Gasteiger partial charge in [-0.2, -0.15) is 9.40 Å². The lowest BCUT2D eigenvalue weighted by Gasteiger charge is -2.34. The molecule has 0 radical (unpaired) electrons. The Balaban J connectivity index is 2.22. The summed E-state index contributed by atoms with van der Waals surface area (Å²) < 4.78 is 31.5. The predicted octanol–water partition coefficient (Wildman–Crippen LogP) is 0.583. The molecule has 96 valence electrons. The van der Waals surface area contributed by atoms with Crippen molar-refractivity contribution in [1.29, 1.82) is 0 Å². The third-order valence-electron chi connectivity index (χ3n) is 2.56. The minimum Gasteiger partial charge on any atom is -0.372 e. The van der Waals surface area contributed by atoms with E-state index in [2.05, 4.69) is 26.1 Å². The molecular weight excluding hydrogens is 310 g/mol. The first-order chi connectivity index (χ1) is 8.04. The van der Waals surface area contributed by atoms with Gasteiger partial charge in [-0.1, -0.05) is 15.9 Å². The minimum absolute atomic E-state index is 0.107. The van der Waals surface area contributed by atoms with E-state index in [0.29, 0.717) is 18.4 Å². The Labute approximate surface area is 109 Å². The van der Waals surface area contributed by atoms with E-state index in [1.54, 1.807) is 0 Å². The summed E-state index contributed by atoms with van der Waals surface area (Å²) in [5.41, 5.74) is 0. The molecule has 1 saturated heterocycles. The number of hydrogen-bond donors (Lipinski definition) is 1. The third-order valence-corrected chi connectivity index (χ3v) is 5.04. The Bertz CT molecular complexity index is 462. The Morgan fingerprint density at radius 2 is 2.41 bits per heavy atom. The number of nitrogens with one attached hydrogen (secondary N) is 1. The summed E-state index contributed by atoms with van der Waals surface area (Å²) >= 11 is 3.31. The van der Waals surface area contributed by atoms with Crippen molar-refractivity contribution in [3.8, 4) is 0 Å². The normalized spacial score (nSPS) is 27.2. The SMILES string of the molecule is CC1CN(S(=O)(=O)c2ccn[nH]2)CC(CBr)O1. The van der Waals surface area contributed by atoms with Crippen molar-refractivity contribution >= 4 is 26.0 Å². The minimum atomic E-state index is -3.48. The molecule has 0 aliphatic carbocycles. The van der Waals surface area contributed by atoms with Crippen LogP contribution in [0.5, 0.6) is 0 Å². The molecule has 2 rings (SSSR count). The fraction of sp³-hybridized carbons (Fsp3) is 0.667. The first-order valence-corrected chi connectivity index (χ1v) is 7.81. The van der Waals surface area contributed by atoms with Gasteiger partial charge in [0.05, 0.1) is 18.4 Å². The Morgan fingerprint density at radius 1 is 1.65 bits per heavy atom. The zero-order valence-electron chi connectivity index (χ0n) is 9.34. The summed E-state index contributed by atoms with van der Waals surface area (Å²) in [6.45, 7) is 2.59. The predicted molar refractivity (Wildman–Crippen MR) is 65.5 cm³/mol. The number of halogens is 1. The molecule has 1 aromatic heterocycles. The number of aromatic nitrogens is 2. The van der Waals surface area contributed by atoms with Gasteiger partial charge in [0, 0.05) is 18.4 Å². The highest BCUT2D eigenvalue weighted by atomic mass is 79.9. The van der Waals surface area contributed by atoms with Crippen LogP contribution in [0.4, 0.5) is 0 Å². The van der Waals surface area contributed by atoms with Gasteiger partial charge in [-0.05, 0) is 13.0 Å². The van der Waals surface area contributed by atoms with Crippen molar-refractivity contribution in [2.24, 2.45) is 0 Å². The van der Waals surface area contributed by atoms with Gasteiger partial charge in [-0.3, -0.25) is 5.10 Å². The standard InChI is InChI=1S/C9H14BrN3O3S/c1-7-5-13(6-8(4-10)16-7)17(14,15)9-2-3-11-12-9/h2-3,7-8H,4-6H2,1H3,(H,11,12). The van der Waals surface area contributed by atoms with Crippen LogP contribution >= 0.6 is 15.9 Å². The van der Waals surface area contributed by atoms with Crippen molar-refractivity contribution in [2.45, 2.75) is 24.2 Å². The maximum Gasteiger partial charge on any atom is 0.260 e. The molecule has 1 fully saturated rings. The molecule has 0 amide bonds. The second kappa shape index (κ2) is 5.05. The van der Waals surface area contributed by atoms with Gasteiger partial charge in [0.2, 0.25) is 0 Å². The van der Waals surface area contributed by atoms with Gasteiger partial charge >= 0.3 is 0 Å². The van der Waals surface area contributed by atoms with Gasteiger partial charge in [-0.15, -0.1) is 0 Å². The summed E-state index contributed by atoms with van der Waals surface area (Å²) in [6, 6.07) is 1.46. The van der Waals surface area contributed by atoms with Crippen LogP contribution in [-0.2, 0) is 14.8 Å². The Morgan fingerprint density at radius 3 is 3.00 bits per heavy atom. The molecule has 2 heterocycles. The first kappa shape index (κ1) is 13.0. The van der Waals surface area contributed by atoms with Crippen molar-refractivity contribution in [1.82, 2.24) is 14.5 Å². The molecule has 6 nitrogen and oxygen atoms in total. The van der Waals surface area contributed by atoms with Gasteiger partial charge < -0.3 is 4.74 Å². The highest BCUT2D eigenvalue weighted by molar-refractivity contribution is 9.09. The largest absolute Gasteiger partial charge is 0.372 e. The van der Waals surface area contributed by atoms with E-state index in [0.717, 1.165) is 0 Å². The molecule has 8 heteroatoms. The van der Waals surface area contributed by atoms with Crippen molar-refractivity contribution < 1.29 is 13.2 Å². The van der Waals surface area contributed by atoms with E-state index < -0.39 is 10.0 Å². The summed E-state index contributed by atoms with van der Waals surface area (Å²) in [6.07, 6.45) is 1.21. The van der Waals surface area contributed by atoms with Gasteiger partial charge in [0.25, 0.3) is 10.0 Å². The number of aromatic amines is 1. The van der Waals surface area contributed by atoms with Gasteiger partial charge in [0.1, 0.15) is 0 Å². The third kappa shape index (κ3) is 2.70. The molecule has 1 aliphatic rings. The number of H-pyrrole nitrogens is 1. The van der Waals surface area contributed by atoms with Crippen LogP contribution in [0.3, 0.4) is 0 Å². The summed E-state index contributed by atoms with van der Waals surface area (Å²) in [7, 11) is -3.48. The van der Waals surface area contributed by atoms with Crippen molar-refractivity contribution in [3.63, 3.8) is 0 Å². The van der Waals surface area contributed by atoms with Crippen LogP contribution < -0.4 is 0 Å². The summed E-state index contributed by atoms with van der Waals surface area (Å²) in [5, 5.41) is 6.90. The lowest BCUT2D eigenvalue weighted by Crippen LogP contribution is -2.49. The number of sulfonamides is 1. The van der Waals surface area contributed by atoms with E-state index in [4.69, 9.17) is 4.74 Å². The van der Waals surface area contributed by atoms with Gasteiger partial charge in [-0.25, -0.2) is 8.42 Å². The first-order valence-electron chi connectivity index (χ1n) is 5.25. The molecule has 0 bridgehead atoms. The molecule has 2 unspecified atom stereocenters. The van der Waals surface area contributed by atoms with E-state index in [1.807, 2.05) is 6.92 Å². The average Bonchev–Trinajstić information content (AvgIpc) is 2.82. The number of rotatable bonds is 3. The zero-order chi connectivity index (χ0) is 12.5. The maximum atomic E-state index is 12.2. The van der Waals surface area contributed by atoms with Crippen LogP contribution in [0.1, 0.15) is 6.92 Å². The molecule has 0 saturated carbocycles. The molecule has 2 atom stereocenters. The topological polar surface area (TPSA) is 75.3 Å². The van der Waals surface area contributed by atoms with E-state index in [1.165, 1.54) is 16.6 Å². The maximum absolute atomic E-state index is 12.2. The van der Waals surface area contributed by atoms with Crippen LogP contribution in [0.15, 0.2) is 17.3 Å². The fourth-order valence-electron chi connectivity index (χ4n) is 1.81. The summed E-state index contributed by atoms with van der Waals surface area (Å²) in [5.74, 6) is 0. The van der Waals surface area contributed by atoms with Gasteiger partial charge in [0.15, 0.2) is 5.03 Å². The Kier molecular flexibility index (Phi) is 3.86. The van der Waals surface area contributed by atoms with Crippen molar-refractivity contribution in [3.05, 3.63) is 12.3 Å². The molecule has 1 aromatic rings. The highest BCUT2D eigenvalue weighted by Gasteiger charge is 2.34. The number of morpholine rings is 1. The van der Waals surface area contributed by atoms with Crippen LogP contribution in [0.2, 0.25) is 0 Å².